The Balaban J connectivity index is 1.80. The molecule has 1 saturated heterocycles. The molecule has 2 heterocycles. The second kappa shape index (κ2) is 6.41. The average Bonchev–Trinajstić information content (AvgIpc) is 2.91. The molecule has 1 N–H and O–H groups in total. The maximum Gasteiger partial charge on any atom is 0.311 e. The number of hydrogen-bond donors (Lipinski definition) is 1. The molecule has 0 bridgehead atoms. The summed E-state index contributed by atoms with van der Waals surface area (Å²) in [5.74, 6) is -0.723. The zero-order valence-corrected chi connectivity index (χ0v) is 13.1. The number of nitro groups is 1. The van der Waals surface area contributed by atoms with E-state index in [4.69, 9.17) is 0 Å². The van der Waals surface area contributed by atoms with E-state index in [-0.39, 0.29) is 11.6 Å². The van der Waals surface area contributed by atoms with Gasteiger partial charge in [-0.05, 0) is 48.7 Å². The standard InChI is InChI=1S/C15H15N3O4S/c19-12-5-4-10(8-11(12)18(21)22)9-13-14(20)16-15(23-13)17-6-2-1-3-7-17/h4-5,8-9,19H,1-3,6-7H2/b13-9-. The summed E-state index contributed by atoms with van der Waals surface area (Å²) in [6.45, 7) is 1.80. The van der Waals surface area contributed by atoms with E-state index in [0.29, 0.717) is 15.6 Å². The van der Waals surface area contributed by atoms with Crippen molar-refractivity contribution >= 4 is 34.6 Å². The van der Waals surface area contributed by atoms with Crippen molar-refractivity contribution in [3.8, 4) is 5.75 Å². The molecule has 1 aromatic rings. The van der Waals surface area contributed by atoms with Crippen LogP contribution < -0.4 is 0 Å². The number of nitrogens with zero attached hydrogens (tertiary/aromatic N) is 3. The number of hydrogen-bond acceptors (Lipinski definition) is 6. The molecule has 1 amide bonds. The van der Waals surface area contributed by atoms with E-state index in [0.717, 1.165) is 25.9 Å². The summed E-state index contributed by atoms with van der Waals surface area (Å²) in [4.78, 5) is 28.9. The fraction of sp³-hybridized carbons (Fsp3) is 0.333. The zero-order valence-electron chi connectivity index (χ0n) is 12.3. The second-order valence-corrected chi connectivity index (χ2v) is 6.37. The van der Waals surface area contributed by atoms with Crippen LogP contribution >= 0.6 is 11.8 Å². The van der Waals surface area contributed by atoms with Gasteiger partial charge in [0.2, 0.25) is 0 Å². The maximum atomic E-state index is 12.0. The third kappa shape index (κ3) is 3.37. The van der Waals surface area contributed by atoms with Crippen LogP contribution in [0, 0.1) is 10.1 Å². The number of aliphatic imine (C=N–C) groups is 1. The number of phenolic OH excluding ortho intramolecular Hbond substituents is 1. The predicted molar refractivity (Wildman–Crippen MR) is 88.2 cm³/mol. The molecule has 1 aromatic carbocycles. The van der Waals surface area contributed by atoms with Crippen LogP contribution in [-0.2, 0) is 4.79 Å². The Labute approximate surface area is 136 Å². The molecule has 0 atom stereocenters. The first kappa shape index (κ1) is 15.5. The first-order valence-corrected chi connectivity index (χ1v) is 8.11. The molecule has 2 aliphatic heterocycles. The van der Waals surface area contributed by atoms with Gasteiger partial charge in [-0.3, -0.25) is 14.9 Å². The van der Waals surface area contributed by atoms with Crippen LogP contribution in [0.25, 0.3) is 6.08 Å². The van der Waals surface area contributed by atoms with Crippen LogP contribution in [0.2, 0.25) is 0 Å². The van der Waals surface area contributed by atoms with E-state index < -0.39 is 10.7 Å². The lowest BCUT2D eigenvalue weighted by Crippen LogP contribution is -2.33. The normalized spacial score (nSPS) is 20.0. The van der Waals surface area contributed by atoms with Crippen molar-refractivity contribution in [1.82, 2.24) is 4.90 Å². The summed E-state index contributed by atoms with van der Waals surface area (Å²) in [6.07, 6.45) is 4.95. The molecule has 8 heteroatoms. The molecular formula is C15H15N3O4S. The lowest BCUT2D eigenvalue weighted by molar-refractivity contribution is -0.385. The molecule has 0 radical (unpaired) electrons. The van der Waals surface area contributed by atoms with Crippen LogP contribution in [0.5, 0.6) is 5.75 Å². The molecule has 0 aliphatic carbocycles. The minimum atomic E-state index is -0.656. The molecular weight excluding hydrogens is 318 g/mol. The van der Waals surface area contributed by atoms with Crippen molar-refractivity contribution in [3.63, 3.8) is 0 Å². The van der Waals surface area contributed by atoms with Gasteiger partial charge in [-0.25, -0.2) is 0 Å². The van der Waals surface area contributed by atoms with Crippen molar-refractivity contribution in [2.45, 2.75) is 19.3 Å². The zero-order chi connectivity index (χ0) is 16.4. The fourth-order valence-corrected chi connectivity index (χ4v) is 3.51. The Kier molecular flexibility index (Phi) is 4.33. The number of thioether (sulfide) groups is 1. The van der Waals surface area contributed by atoms with Crippen molar-refractivity contribution in [2.75, 3.05) is 13.1 Å². The van der Waals surface area contributed by atoms with Crippen LogP contribution in [0.1, 0.15) is 24.8 Å². The number of amides is 1. The van der Waals surface area contributed by atoms with Crippen molar-refractivity contribution < 1.29 is 14.8 Å². The van der Waals surface area contributed by atoms with E-state index >= 15 is 0 Å². The summed E-state index contributed by atoms with van der Waals surface area (Å²) >= 11 is 1.29. The number of carbonyl (C=O) groups is 1. The van der Waals surface area contributed by atoms with Gasteiger partial charge in [0.05, 0.1) is 9.83 Å². The highest BCUT2D eigenvalue weighted by Crippen LogP contribution is 2.33. The van der Waals surface area contributed by atoms with Gasteiger partial charge in [0.15, 0.2) is 10.9 Å². The molecule has 3 rings (SSSR count). The van der Waals surface area contributed by atoms with E-state index in [9.17, 15) is 20.0 Å². The summed E-state index contributed by atoms with van der Waals surface area (Å²) in [5, 5.41) is 21.0. The summed E-state index contributed by atoms with van der Waals surface area (Å²) in [5.41, 5.74) is 0.104. The fourth-order valence-electron chi connectivity index (χ4n) is 2.55. The average molecular weight is 333 g/mol. The molecule has 0 unspecified atom stereocenters. The number of amidine groups is 1. The first-order chi connectivity index (χ1) is 11.0. The van der Waals surface area contributed by atoms with Gasteiger partial charge in [-0.15, -0.1) is 0 Å². The number of aromatic hydroxyl groups is 1. The van der Waals surface area contributed by atoms with Crippen molar-refractivity contribution in [1.29, 1.82) is 0 Å². The second-order valence-electron chi connectivity index (χ2n) is 5.36. The molecule has 2 aliphatic rings. The van der Waals surface area contributed by atoms with Gasteiger partial charge >= 0.3 is 5.69 Å². The predicted octanol–water partition coefficient (Wildman–Crippen LogP) is 2.76. The number of rotatable bonds is 2. The van der Waals surface area contributed by atoms with Crippen molar-refractivity contribution in [2.24, 2.45) is 4.99 Å². The number of phenols is 1. The SMILES string of the molecule is O=C1N=C(N2CCCCC2)S/C1=C\c1ccc(O)c([N+](=O)[O-])c1. The van der Waals surface area contributed by atoms with Crippen LogP contribution in [0.15, 0.2) is 28.1 Å². The van der Waals surface area contributed by atoms with Gasteiger partial charge in [0.25, 0.3) is 5.91 Å². The Bertz CT molecular complexity index is 723. The quantitative estimate of drug-likeness (QED) is 0.508. The number of piperidine rings is 1. The molecule has 0 aromatic heterocycles. The van der Waals surface area contributed by atoms with E-state index in [1.165, 1.54) is 36.4 Å². The van der Waals surface area contributed by atoms with Crippen LogP contribution in [0.4, 0.5) is 5.69 Å². The summed E-state index contributed by atoms with van der Waals surface area (Å²) in [7, 11) is 0. The number of benzene rings is 1. The Morgan fingerprint density at radius 2 is 2.04 bits per heavy atom. The van der Waals surface area contributed by atoms with Gasteiger partial charge in [-0.2, -0.15) is 4.99 Å². The molecule has 7 nitrogen and oxygen atoms in total. The molecule has 23 heavy (non-hydrogen) atoms. The Morgan fingerprint density at radius 1 is 1.30 bits per heavy atom. The lowest BCUT2D eigenvalue weighted by atomic mass is 10.1. The van der Waals surface area contributed by atoms with E-state index in [1.807, 2.05) is 0 Å². The Hall–Kier alpha value is -2.35. The van der Waals surface area contributed by atoms with Crippen LogP contribution in [0.3, 0.4) is 0 Å². The molecule has 0 saturated carbocycles. The Morgan fingerprint density at radius 3 is 2.74 bits per heavy atom. The lowest BCUT2D eigenvalue weighted by Gasteiger charge is -2.27. The highest BCUT2D eigenvalue weighted by molar-refractivity contribution is 8.18. The molecule has 0 spiro atoms. The van der Waals surface area contributed by atoms with E-state index in [1.54, 1.807) is 6.08 Å². The smallest absolute Gasteiger partial charge is 0.311 e. The van der Waals surface area contributed by atoms with Gasteiger partial charge in [-0.1, -0.05) is 6.07 Å². The highest BCUT2D eigenvalue weighted by atomic mass is 32.2. The van der Waals surface area contributed by atoms with Crippen molar-refractivity contribution in [3.05, 3.63) is 38.8 Å². The topological polar surface area (TPSA) is 96.0 Å². The summed E-state index contributed by atoms with van der Waals surface area (Å²) < 4.78 is 0. The highest BCUT2D eigenvalue weighted by Gasteiger charge is 2.27. The van der Waals surface area contributed by atoms with Gasteiger partial charge in [0, 0.05) is 19.2 Å². The van der Waals surface area contributed by atoms with Crippen LogP contribution in [-0.4, -0.2) is 39.1 Å². The largest absolute Gasteiger partial charge is 0.502 e. The van der Waals surface area contributed by atoms with E-state index in [2.05, 4.69) is 9.89 Å². The van der Waals surface area contributed by atoms with Gasteiger partial charge < -0.3 is 10.0 Å². The molecule has 1 fully saturated rings. The number of likely N-dealkylation sites (tertiary alicyclic amines) is 1. The summed E-state index contributed by atoms with van der Waals surface area (Å²) in [6, 6.07) is 4.03. The molecule has 120 valence electrons. The number of carbonyl (C=O) groups excluding carboxylic acids is 1. The monoisotopic (exact) mass is 333 g/mol. The third-order valence-electron chi connectivity index (χ3n) is 3.73. The maximum absolute atomic E-state index is 12.0. The third-order valence-corrected chi connectivity index (χ3v) is 4.77. The van der Waals surface area contributed by atoms with Gasteiger partial charge in [0.1, 0.15) is 0 Å². The number of nitro benzene ring substituents is 1. The first-order valence-electron chi connectivity index (χ1n) is 7.29. The minimum absolute atomic E-state index is 0.327. The minimum Gasteiger partial charge on any atom is -0.502 e.